The molecule has 0 atom stereocenters. The van der Waals surface area contributed by atoms with Crippen molar-refractivity contribution in [2.24, 2.45) is 0 Å². The number of hydrogen-bond acceptors (Lipinski definition) is 5. The predicted molar refractivity (Wildman–Crippen MR) is 71.0 cm³/mol. The lowest BCUT2D eigenvalue weighted by atomic mass is 10.5. The molecule has 2 rings (SSSR count). The number of nitrogens with one attached hydrogen (secondary N) is 2. The molecule has 7 heteroatoms. The van der Waals surface area contributed by atoms with Crippen molar-refractivity contribution in [2.75, 3.05) is 12.4 Å². The van der Waals surface area contributed by atoms with Crippen molar-refractivity contribution in [3.05, 3.63) is 28.8 Å². The van der Waals surface area contributed by atoms with E-state index in [0.29, 0.717) is 11.7 Å². The van der Waals surface area contributed by atoms with Gasteiger partial charge >= 0.3 is 5.69 Å². The molecule has 2 heterocycles. The van der Waals surface area contributed by atoms with Crippen molar-refractivity contribution in [1.29, 1.82) is 0 Å². The Morgan fingerprint density at radius 3 is 3.11 bits per heavy atom. The van der Waals surface area contributed by atoms with Gasteiger partial charge in [-0.05, 0) is 30.3 Å². The molecule has 2 aromatic rings. The molecule has 2 N–H and O–H groups in total. The van der Waals surface area contributed by atoms with Crippen LogP contribution in [0.25, 0.3) is 0 Å². The predicted octanol–water partition coefficient (Wildman–Crippen LogP) is 1.57. The molecule has 0 saturated carbocycles. The lowest BCUT2D eigenvalue weighted by molar-refractivity contribution is 0.604. The van der Waals surface area contributed by atoms with Crippen molar-refractivity contribution in [2.45, 2.75) is 29.9 Å². The van der Waals surface area contributed by atoms with Crippen LogP contribution in [0.15, 0.2) is 33.2 Å². The van der Waals surface area contributed by atoms with Crippen molar-refractivity contribution < 1.29 is 0 Å². The summed E-state index contributed by atoms with van der Waals surface area (Å²) in [4.78, 5) is 16.7. The third-order valence-electron chi connectivity index (χ3n) is 2.37. The van der Waals surface area contributed by atoms with Crippen LogP contribution in [0.4, 0.5) is 5.82 Å². The molecule has 96 valence electrons. The van der Waals surface area contributed by atoms with E-state index in [1.807, 2.05) is 26.1 Å². The minimum Gasteiger partial charge on any atom is -0.373 e. The third kappa shape index (κ3) is 2.73. The zero-order valence-electron chi connectivity index (χ0n) is 10.3. The molecule has 6 nitrogen and oxygen atoms in total. The molecule has 0 amide bonds. The molecule has 0 bridgehead atoms. The first-order valence-electron chi connectivity index (χ1n) is 5.71. The van der Waals surface area contributed by atoms with Gasteiger partial charge in [0, 0.05) is 24.7 Å². The van der Waals surface area contributed by atoms with Crippen LogP contribution in [0.3, 0.4) is 0 Å². The van der Waals surface area contributed by atoms with E-state index in [1.165, 1.54) is 11.8 Å². The Labute approximate surface area is 109 Å². The number of pyridine rings is 1. The fraction of sp³-hybridized carbons (Fsp3) is 0.364. The van der Waals surface area contributed by atoms with Crippen LogP contribution in [0.1, 0.15) is 13.3 Å². The average Bonchev–Trinajstić information content (AvgIpc) is 2.72. The maximum atomic E-state index is 11.6. The Kier molecular flexibility index (Phi) is 4.03. The maximum Gasteiger partial charge on any atom is 0.343 e. The van der Waals surface area contributed by atoms with Crippen molar-refractivity contribution in [1.82, 2.24) is 19.7 Å². The van der Waals surface area contributed by atoms with E-state index < -0.39 is 0 Å². The molecule has 0 aliphatic carbocycles. The number of aromatic nitrogens is 4. The number of hydrogen-bond donors (Lipinski definition) is 2. The van der Waals surface area contributed by atoms with Gasteiger partial charge < -0.3 is 5.32 Å². The standard InChI is InChI=1S/C11H15N5OS/c1-3-6-16-10(17)14-15-11(16)18-8-4-5-13-9(7-8)12-2/h4-5,7H,3,6H2,1-2H3,(H,12,13)(H,14,17). The summed E-state index contributed by atoms with van der Waals surface area (Å²) in [6, 6.07) is 3.81. The largest absolute Gasteiger partial charge is 0.373 e. The van der Waals surface area contributed by atoms with Crippen LogP contribution in [-0.2, 0) is 6.54 Å². The van der Waals surface area contributed by atoms with Gasteiger partial charge in [0.15, 0.2) is 5.16 Å². The smallest absolute Gasteiger partial charge is 0.343 e. The number of anilines is 1. The molecule has 0 spiro atoms. The van der Waals surface area contributed by atoms with Gasteiger partial charge in [0.1, 0.15) is 5.82 Å². The Morgan fingerprint density at radius 1 is 1.56 bits per heavy atom. The molecule has 0 aromatic carbocycles. The Hall–Kier alpha value is -1.76. The highest BCUT2D eigenvalue weighted by Gasteiger charge is 2.09. The normalized spacial score (nSPS) is 10.6. The summed E-state index contributed by atoms with van der Waals surface area (Å²) in [5, 5.41) is 10.2. The third-order valence-corrected chi connectivity index (χ3v) is 3.35. The van der Waals surface area contributed by atoms with E-state index in [9.17, 15) is 4.79 Å². The van der Waals surface area contributed by atoms with Crippen LogP contribution in [0.5, 0.6) is 0 Å². The number of H-pyrrole nitrogens is 1. The SMILES string of the molecule is CCCn1c(Sc2ccnc(NC)c2)n[nH]c1=O. The number of nitrogens with zero attached hydrogens (tertiary/aromatic N) is 3. The summed E-state index contributed by atoms with van der Waals surface area (Å²) in [7, 11) is 1.82. The molecule has 0 radical (unpaired) electrons. The number of aromatic amines is 1. The van der Waals surface area contributed by atoms with Gasteiger partial charge in [0.2, 0.25) is 0 Å². The minimum atomic E-state index is -0.165. The molecule has 18 heavy (non-hydrogen) atoms. The minimum absolute atomic E-state index is 0.165. The Morgan fingerprint density at radius 2 is 2.39 bits per heavy atom. The fourth-order valence-corrected chi connectivity index (χ4v) is 2.40. The van der Waals surface area contributed by atoms with Crippen LogP contribution in [-0.4, -0.2) is 26.8 Å². The molecule has 0 saturated heterocycles. The second-order valence-corrected chi connectivity index (χ2v) is 4.73. The zero-order valence-corrected chi connectivity index (χ0v) is 11.1. The van der Waals surface area contributed by atoms with Gasteiger partial charge in [-0.1, -0.05) is 6.92 Å². The summed E-state index contributed by atoms with van der Waals surface area (Å²) in [5.41, 5.74) is -0.165. The number of rotatable bonds is 5. The quantitative estimate of drug-likeness (QED) is 0.858. The van der Waals surface area contributed by atoms with E-state index >= 15 is 0 Å². The lowest BCUT2D eigenvalue weighted by Gasteiger charge is -2.04. The maximum absolute atomic E-state index is 11.6. The van der Waals surface area contributed by atoms with E-state index in [-0.39, 0.29) is 5.69 Å². The lowest BCUT2D eigenvalue weighted by Crippen LogP contribution is -2.17. The first kappa shape index (κ1) is 12.7. The highest BCUT2D eigenvalue weighted by molar-refractivity contribution is 7.99. The van der Waals surface area contributed by atoms with Crippen LogP contribution >= 0.6 is 11.8 Å². The van der Waals surface area contributed by atoms with Crippen molar-refractivity contribution in [3.8, 4) is 0 Å². The molecule has 0 fully saturated rings. The highest BCUT2D eigenvalue weighted by Crippen LogP contribution is 2.26. The molecular formula is C11H15N5OS. The molecule has 0 unspecified atom stereocenters. The van der Waals surface area contributed by atoms with E-state index in [0.717, 1.165) is 17.1 Å². The van der Waals surface area contributed by atoms with Crippen molar-refractivity contribution in [3.63, 3.8) is 0 Å². The van der Waals surface area contributed by atoms with Gasteiger partial charge in [-0.3, -0.25) is 4.57 Å². The first-order valence-corrected chi connectivity index (χ1v) is 6.53. The van der Waals surface area contributed by atoms with E-state index in [4.69, 9.17) is 0 Å². The van der Waals surface area contributed by atoms with E-state index in [1.54, 1.807) is 10.8 Å². The average molecular weight is 265 g/mol. The summed E-state index contributed by atoms with van der Waals surface area (Å²) in [6.45, 7) is 2.70. The van der Waals surface area contributed by atoms with Crippen LogP contribution in [0.2, 0.25) is 0 Å². The Balaban J connectivity index is 2.25. The summed E-state index contributed by atoms with van der Waals surface area (Å²) in [6.07, 6.45) is 2.62. The fourth-order valence-electron chi connectivity index (χ4n) is 1.52. The second kappa shape index (κ2) is 5.72. The first-order chi connectivity index (χ1) is 8.74. The van der Waals surface area contributed by atoms with Crippen molar-refractivity contribution >= 4 is 17.6 Å². The summed E-state index contributed by atoms with van der Waals surface area (Å²) < 4.78 is 1.64. The zero-order chi connectivity index (χ0) is 13.0. The van der Waals surface area contributed by atoms with Crippen LogP contribution in [0, 0.1) is 0 Å². The van der Waals surface area contributed by atoms with Gasteiger partial charge in [-0.2, -0.15) is 0 Å². The molecule has 2 aromatic heterocycles. The van der Waals surface area contributed by atoms with Gasteiger partial charge in [-0.15, -0.1) is 5.10 Å². The van der Waals surface area contributed by atoms with Gasteiger partial charge in [0.05, 0.1) is 0 Å². The molecule has 0 aliphatic rings. The molecular weight excluding hydrogens is 250 g/mol. The van der Waals surface area contributed by atoms with E-state index in [2.05, 4.69) is 20.5 Å². The molecule has 0 aliphatic heterocycles. The van der Waals surface area contributed by atoms with Gasteiger partial charge in [-0.25, -0.2) is 14.9 Å². The topological polar surface area (TPSA) is 75.6 Å². The summed E-state index contributed by atoms with van der Waals surface area (Å²) >= 11 is 1.45. The monoisotopic (exact) mass is 265 g/mol. The summed E-state index contributed by atoms with van der Waals surface area (Å²) in [5.74, 6) is 0.792. The Bertz CT molecular complexity index is 577. The highest BCUT2D eigenvalue weighted by atomic mass is 32.2. The van der Waals surface area contributed by atoms with Gasteiger partial charge in [0.25, 0.3) is 0 Å². The second-order valence-electron chi connectivity index (χ2n) is 3.69. The van der Waals surface area contributed by atoms with Crippen LogP contribution < -0.4 is 11.0 Å².